The standard InChI is InChI=1S/C15H16N4O2S/c1-22-14-12(4-2-7-16-14)15(20)19-9-6-11(10-19)21-13-5-3-8-17-18-13/h2-5,7-8,11H,6,9-10H2,1H3. The monoisotopic (exact) mass is 316 g/mol. The Hall–Kier alpha value is -2.15. The maximum Gasteiger partial charge on any atom is 0.256 e. The zero-order valence-electron chi connectivity index (χ0n) is 12.2. The van der Waals surface area contributed by atoms with E-state index in [0.717, 1.165) is 11.4 Å². The average molecular weight is 316 g/mol. The number of pyridine rings is 1. The molecule has 0 bridgehead atoms. The molecule has 0 aromatic carbocycles. The number of hydrogen-bond acceptors (Lipinski definition) is 6. The van der Waals surface area contributed by atoms with E-state index in [1.807, 2.05) is 12.3 Å². The summed E-state index contributed by atoms with van der Waals surface area (Å²) in [6.07, 6.45) is 5.96. The van der Waals surface area contributed by atoms with Gasteiger partial charge in [-0.2, -0.15) is 5.10 Å². The van der Waals surface area contributed by atoms with Gasteiger partial charge in [0.1, 0.15) is 11.1 Å². The lowest BCUT2D eigenvalue weighted by Crippen LogP contribution is -2.31. The van der Waals surface area contributed by atoms with E-state index in [4.69, 9.17) is 4.74 Å². The van der Waals surface area contributed by atoms with Crippen LogP contribution in [-0.4, -0.2) is 51.4 Å². The van der Waals surface area contributed by atoms with Crippen molar-refractivity contribution in [3.05, 3.63) is 42.2 Å². The van der Waals surface area contributed by atoms with Crippen molar-refractivity contribution in [2.45, 2.75) is 17.6 Å². The number of carbonyl (C=O) groups is 1. The Morgan fingerprint density at radius 3 is 3.00 bits per heavy atom. The maximum absolute atomic E-state index is 12.6. The normalized spacial score (nSPS) is 17.5. The van der Waals surface area contributed by atoms with Crippen molar-refractivity contribution in [1.82, 2.24) is 20.1 Å². The Kier molecular flexibility index (Phi) is 4.53. The van der Waals surface area contributed by atoms with Gasteiger partial charge < -0.3 is 9.64 Å². The molecule has 1 aliphatic rings. The molecule has 1 amide bonds. The van der Waals surface area contributed by atoms with Crippen LogP contribution in [-0.2, 0) is 0 Å². The molecular weight excluding hydrogens is 300 g/mol. The van der Waals surface area contributed by atoms with Crippen molar-refractivity contribution in [1.29, 1.82) is 0 Å². The molecule has 1 fully saturated rings. The second-order valence-corrected chi connectivity index (χ2v) is 5.70. The lowest BCUT2D eigenvalue weighted by molar-refractivity contribution is 0.0766. The van der Waals surface area contributed by atoms with Crippen LogP contribution < -0.4 is 4.74 Å². The van der Waals surface area contributed by atoms with Crippen molar-refractivity contribution in [3.8, 4) is 5.88 Å². The molecule has 2 aromatic heterocycles. The van der Waals surface area contributed by atoms with Crippen molar-refractivity contribution in [3.63, 3.8) is 0 Å². The van der Waals surface area contributed by atoms with Crippen molar-refractivity contribution < 1.29 is 9.53 Å². The molecule has 1 aliphatic heterocycles. The third-order valence-electron chi connectivity index (χ3n) is 3.46. The molecule has 1 atom stereocenters. The van der Waals surface area contributed by atoms with Gasteiger partial charge in [-0.3, -0.25) is 4.79 Å². The lowest BCUT2D eigenvalue weighted by Gasteiger charge is -2.17. The minimum absolute atomic E-state index is 0.00250. The van der Waals surface area contributed by atoms with Crippen LogP contribution in [0.25, 0.3) is 0 Å². The fourth-order valence-corrected chi connectivity index (χ4v) is 2.96. The van der Waals surface area contributed by atoms with Gasteiger partial charge in [0.25, 0.3) is 5.91 Å². The first kappa shape index (κ1) is 14.8. The molecule has 0 radical (unpaired) electrons. The molecule has 114 valence electrons. The Bertz CT molecular complexity index is 653. The number of nitrogens with zero attached hydrogens (tertiary/aromatic N) is 4. The highest BCUT2D eigenvalue weighted by Gasteiger charge is 2.29. The van der Waals surface area contributed by atoms with Gasteiger partial charge in [-0.25, -0.2) is 4.98 Å². The molecular formula is C15H16N4O2S. The summed E-state index contributed by atoms with van der Waals surface area (Å²) in [5.74, 6) is 0.496. The second-order valence-electron chi connectivity index (χ2n) is 4.90. The number of carbonyl (C=O) groups excluding carboxylic acids is 1. The van der Waals surface area contributed by atoms with Crippen LogP contribution >= 0.6 is 11.8 Å². The van der Waals surface area contributed by atoms with Crippen molar-refractivity contribution >= 4 is 17.7 Å². The molecule has 6 nitrogen and oxygen atoms in total. The fraction of sp³-hybridized carbons (Fsp3) is 0.333. The number of hydrogen-bond donors (Lipinski definition) is 0. The molecule has 22 heavy (non-hydrogen) atoms. The van der Waals surface area contributed by atoms with E-state index >= 15 is 0 Å². The molecule has 0 saturated carbocycles. The molecule has 7 heteroatoms. The van der Waals surface area contributed by atoms with Gasteiger partial charge >= 0.3 is 0 Å². The van der Waals surface area contributed by atoms with Crippen LogP contribution in [0.4, 0.5) is 0 Å². The van der Waals surface area contributed by atoms with Gasteiger partial charge in [0.2, 0.25) is 5.88 Å². The first-order valence-corrected chi connectivity index (χ1v) is 8.23. The van der Waals surface area contributed by atoms with Gasteiger partial charge in [0, 0.05) is 31.4 Å². The van der Waals surface area contributed by atoms with Gasteiger partial charge in [-0.05, 0) is 24.5 Å². The second kappa shape index (κ2) is 6.74. The van der Waals surface area contributed by atoms with Crippen LogP contribution in [0.15, 0.2) is 41.7 Å². The summed E-state index contributed by atoms with van der Waals surface area (Å²) in [6.45, 7) is 1.23. The molecule has 3 rings (SSSR count). The van der Waals surface area contributed by atoms with Gasteiger partial charge in [-0.15, -0.1) is 16.9 Å². The van der Waals surface area contributed by atoms with Crippen LogP contribution in [0, 0.1) is 0 Å². The Balaban J connectivity index is 1.66. The predicted molar refractivity (Wildman–Crippen MR) is 83.0 cm³/mol. The first-order valence-electron chi connectivity index (χ1n) is 7.00. The first-order chi connectivity index (χ1) is 10.8. The maximum atomic E-state index is 12.6. The highest BCUT2D eigenvalue weighted by atomic mass is 32.2. The van der Waals surface area contributed by atoms with Crippen molar-refractivity contribution in [2.75, 3.05) is 19.3 Å². The smallest absolute Gasteiger partial charge is 0.256 e. The van der Waals surface area contributed by atoms with E-state index < -0.39 is 0 Å². The summed E-state index contributed by atoms with van der Waals surface area (Å²) in [4.78, 5) is 18.7. The van der Waals surface area contributed by atoms with E-state index in [1.165, 1.54) is 11.8 Å². The zero-order chi connectivity index (χ0) is 15.4. The summed E-state index contributed by atoms with van der Waals surface area (Å²) in [5.41, 5.74) is 0.648. The van der Waals surface area contributed by atoms with Crippen LogP contribution in [0.2, 0.25) is 0 Å². The van der Waals surface area contributed by atoms with E-state index in [-0.39, 0.29) is 12.0 Å². The quantitative estimate of drug-likeness (QED) is 0.802. The number of rotatable bonds is 4. The SMILES string of the molecule is CSc1ncccc1C(=O)N1CCC(Oc2cccnn2)C1. The summed E-state index contributed by atoms with van der Waals surface area (Å²) >= 11 is 1.48. The summed E-state index contributed by atoms with van der Waals surface area (Å²) < 4.78 is 5.76. The van der Waals surface area contributed by atoms with E-state index in [2.05, 4.69) is 15.2 Å². The minimum Gasteiger partial charge on any atom is -0.471 e. The average Bonchev–Trinajstić information content (AvgIpc) is 3.03. The third-order valence-corrected chi connectivity index (χ3v) is 4.17. The topological polar surface area (TPSA) is 68.2 Å². The highest BCUT2D eigenvalue weighted by molar-refractivity contribution is 7.98. The van der Waals surface area contributed by atoms with E-state index in [9.17, 15) is 4.79 Å². The van der Waals surface area contributed by atoms with Crippen LogP contribution in [0.3, 0.4) is 0 Å². The van der Waals surface area contributed by atoms with E-state index in [0.29, 0.717) is 24.5 Å². The fourth-order valence-electron chi connectivity index (χ4n) is 2.42. The summed E-state index contributed by atoms with van der Waals surface area (Å²) in [5, 5.41) is 8.45. The number of thioether (sulfide) groups is 1. The molecule has 0 spiro atoms. The largest absolute Gasteiger partial charge is 0.471 e. The molecule has 2 aromatic rings. The molecule has 0 aliphatic carbocycles. The van der Waals surface area contributed by atoms with Crippen LogP contribution in [0.5, 0.6) is 5.88 Å². The highest BCUT2D eigenvalue weighted by Crippen LogP contribution is 2.22. The van der Waals surface area contributed by atoms with Gasteiger partial charge in [-0.1, -0.05) is 0 Å². The van der Waals surface area contributed by atoms with Gasteiger partial charge in [0.15, 0.2) is 0 Å². The number of ether oxygens (including phenoxy) is 1. The molecule has 3 heterocycles. The third kappa shape index (κ3) is 3.19. The number of amides is 1. The molecule has 0 N–H and O–H groups in total. The zero-order valence-corrected chi connectivity index (χ0v) is 13.0. The van der Waals surface area contributed by atoms with Crippen LogP contribution in [0.1, 0.15) is 16.8 Å². The van der Waals surface area contributed by atoms with E-state index in [1.54, 1.807) is 35.5 Å². The Morgan fingerprint density at radius 1 is 1.36 bits per heavy atom. The van der Waals surface area contributed by atoms with Crippen molar-refractivity contribution in [2.24, 2.45) is 0 Å². The summed E-state index contributed by atoms with van der Waals surface area (Å²) in [7, 11) is 0. The number of aromatic nitrogens is 3. The minimum atomic E-state index is -0.0462. The Morgan fingerprint density at radius 2 is 2.23 bits per heavy atom. The summed E-state index contributed by atoms with van der Waals surface area (Å²) in [6, 6.07) is 7.15. The number of likely N-dealkylation sites (tertiary alicyclic amines) is 1. The van der Waals surface area contributed by atoms with Gasteiger partial charge in [0.05, 0.1) is 12.1 Å². The predicted octanol–water partition coefficient (Wildman–Crippen LogP) is 1.89. The molecule has 1 saturated heterocycles. The Labute approximate surface area is 132 Å². The molecule has 1 unspecified atom stereocenters. The lowest BCUT2D eigenvalue weighted by atomic mass is 10.2.